The van der Waals surface area contributed by atoms with E-state index >= 15 is 0 Å². The van der Waals surface area contributed by atoms with Crippen LogP contribution in [0.25, 0.3) is 0 Å². The predicted octanol–water partition coefficient (Wildman–Crippen LogP) is 4.40. The predicted molar refractivity (Wildman–Crippen MR) is 115 cm³/mol. The van der Waals surface area contributed by atoms with E-state index in [2.05, 4.69) is 10.5 Å². The Hall–Kier alpha value is -3.64. The molecule has 0 spiro atoms. The van der Waals surface area contributed by atoms with Crippen molar-refractivity contribution < 1.29 is 19.1 Å². The van der Waals surface area contributed by atoms with E-state index < -0.39 is 11.9 Å². The fraction of sp³-hybridized carbons (Fsp3) is 0.0870. The van der Waals surface area contributed by atoms with Crippen molar-refractivity contribution in [2.45, 2.75) is 6.92 Å². The van der Waals surface area contributed by atoms with Crippen molar-refractivity contribution in [3.8, 4) is 11.5 Å². The van der Waals surface area contributed by atoms with E-state index in [0.717, 1.165) is 5.56 Å². The van der Waals surface area contributed by atoms with Gasteiger partial charge in [-0.1, -0.05) is 35.9 Å². The number of nitrogens with zero attached hydrogens (tertiary/aromatic N) is 1. The number of carbonyl (C=O) groups is 2. The van der Waals surface area contributed by atoms with Crippen LogP contribution in [-0.4, -0.2) is 24.7 Å². The van der Waals surface area contributed by atoms with Crippen molar-refractivity contribution in [3.63, 3.8) is 0 Å². The van der Waals surface area contributed by atoms with E-state index in [4.69, 9.17) is 21.1 Å². The first-order valence-electron chi connectivity index (χ1n) is 9.09. The molecule has 1 N–H and O–H groups in total. The number of benzene rings is 3. The zero-order valence-corrected chi connectivity index (χ0v) is 16.9. The Morgan fingerprint density at radius 2 is 1.73 bits per heavy atom. The number of rotatable bonds is 7. The van der Waals surface area contributed by atoms with Crippen LogP contribution in [0.5, 0.6) is 11.5 Å². The summed E-state index contributed by atoms with van der Waals surface area (Å²) in [5.74, 6) is 0.0813. The maximum atomic E-state index is 12.2. The number of amides is 1. The van der Waals surface area contributed by atoms with Gasteiger partial charge < -0.3 is 9.47 Å². The number of esters is 1. The lowest BCUT2D eigenvalue weighted by atomic mass is 10.2. The van der Waals surface area contributed by atoms with Crippen molar-refractivity contribution in [1.29, 1.82) is 0 Å². The lowest BCUT2D eigenvalue weighted by Gasteiger charge is -2.06. The number of aryl methyl sites for hydroxylation is 1. The molecule has 0 bridgehead atoms. The summed E-state index contributed by atoms with van der Waals surface area (Å²) in [7, 11) is 0. The van der Waals surface area contributed by atoms with Crippen molar-refractivity contribution in [2.24, 2.45) is 5.10 Å². The summed E-state index contributed by atoms with van der Waals surface area (Å²) in [5.41, 5.74) is 4.47. The van der Waals surface area contributed by atoms with Gasteiger partial charge in [0.1, 0.15) is 11.5 Å². The second-order valence-corrected chi connectivity index (χ2v) is 6.80. The SMILES string of the molecule is Cc1cccc(OCC(=O)N/N=C/c2cccc(OC(=O)c3ccc(Cl)cc3)c2)c1. The molecule has 0 unspecified atom stereocenters. The second-order valence-electron chi connectivity index (χ2n) is 6.37. The molecule has 0 aliphatic rings. The van der Waals surface area contributed by atoms with Gasteiger partial charge in [-0.25, -0.2) is 10.2 Å². The molecule has 152 valence electrons. The third kappa shape index (κ3) is 6.46. The molecule has 30 heavy (non-hydrogen) atoms. The Balaban J connectivity index is 1.51. The van der Waals surface area contributed by atoms with E-state index in [1.54, 1.807) is 54.6 Å². The molecule has 0 aliphatic carbocycles. The van der Waals surface area contributed by atoms with Crippen LogP contribution in [0.4, 0.5) is 0 Å². The maximum Gasteiger partial charge on any atom is 0.343 e. The summed E-state index contributed by atoms with van der Waals surface area (Å²) in [4.78, 5) is 24.0. The molecule has 0 saturated heterocycles. The summed E-state index contributed by atoms with van der Waals surface area (Å²) in [5, 5.41) is 4.44. The highest BCUT2D eigenvalue weighted by Gasteiger charge is 2.08. The number of hydrogen-bond acceptors (Lipinski definition) is 5. The Bertz CT molecular complexity index is 1060. The molecule has 3 aromatic rings. The van der Waals surface area contributed by atoms with E-state index in [1.165, 1.54) is 6.21 Å². The van der Waals surface area contributed by atoms with E-state index in [1.807, 2.05) is 25.1 Å². The minimum atomic E-state index is -0.498. The van der Waals surface area contributed by atoms with E-state index in [9.17, 15) is 9.59 Å². The number of hydrazone groups is 1. The summed E-state index contributed by atoms with van der Waals surface area (Å²) < 4.78 is 10.8. The minimum absolute atomic E-state index is 0.153. The van der Waals surface area contributed by atoms with Crippen LogP contribution in [0, 0.1) is 6.92 Å². The summed E-state index contributed by atoms with van der Waals surface area (Å²) in [6.07, 6.45) is 1.45. The molecule has 6 nitrogen and oxygen atoms in total. The highest BCUT2D eigenvalue weighted by atomic mass is 35.5. The third-order valence-electron chi connectivity index (χ3n) is 3.91. The summed E-state index contributed by atoms with van der Waals surface area (Å²) in [6, 6.07) is 20.6. The molecule has 1 amide bonds. The molecule has 3 aromatic carbocycles. The van der Waals surface area contributed by atoms with Crippen molar-refractivity contribution in [1.82, 2.24) is 5.43 Å². The van der Waals surface area contributed by atoms with Crippen LogP contribution in [0.15, 0.2) is 77.9 Å². The monoisotopic (exact) mass is 422 g/mol. The van der Waals surface area contributed by atoms with Gasteiger partial charge in [0, 0.05) is 5.02 Å². The lowest BCUT2D eigenvalue weighted by Crippen LogP contribution is -2.24. The average molecular weight is 423 g/mol. The lowest BCUT2D eigenvalue weighted by molar-refractivity contribution is -0.123. The Morgan fingerprint density at radius 3 is 2.50 bits per heavy atom. The molecule has 3 rings (SSSR count). The first kappa shape index (κ1) is 21.1. The highest BCUT2D eigenvalue weighted by Crippen LogP contribution is 2.16. The van der Waals surface area contributed by atoms with E-state index in [0.29, 0.717) is 27.6 Å². The standard InChI is InChI=1S/C23H19ClN2O4/c1-16-4-2-6-20(12-16)29-15-22(27)26-25-14-17-5-3-7-21(13-17)30-23(28)18-8-10-19(24)11-9-18/h2-14H,15H2,1H3,(H,26,27)/b25-14+. The molecule has 7 heteroatoms. The Kier molecular flexibility index (Phi) is 7.19. The smallest absolute Gasteiger partial charge is 0.343 e. The number of ether oxygens (including phenoxy) is 2. The van der Waals surface area contributed by atoms with Crippen LogP contribution >= 0.6 is 11.6 Å². The van der Waals surface area contributed by atoms with Crippen LogP contribution in [-0.2, 0) is 4.79 Å². The van der Waals surface area contributed by atoms with Crippen molar-refractivity contribution in [3.05, 3.63) is 94.5 Å². The van der Waals surface area contributed by atoms with Gasteiger partial charge in [-0.3, -0.25) is 4.79 Å². The highest BCUT2D eigenvalue weighted by molar-refractivity contribution is 6.30. The fourth-order valence-corrected chi connectivity index (χ4v) is 2.60. The van der Waals surface area contributed by atoms with Gasteiger partial charge in [-0.15, -0.1) is 0 Å². The van der Waals surface area contributed by atoms with Gasteiger partial charge >= 0.3 is 5.97 Å². The zero-order chi connectivity index (χ0) is 21.3. The van der Waals surface area contributed by atoms with Gasteiger partial charge in [0.05, 0.1) is 11.8 Å². The number of carbonyl (C=O) groups excluding carboxylic acids is 2. The summed E-state index contributed by atoms with van der Waals surface area (Å²) in [6.45, 7) is 1.79. The zero-order valence-electron chi connectivity index (χ0n) is 16.2. The van der Waals surface area contributed by atoms with Gasteiger partial charge in [0.2, 0.25) is 0 Å². The first-order valence-corrected chi connectivity index (χ1v) is 9.46. The molecule has 0 fully saturated rings. The first-order chi connectivity index (χ1) is 14.5. The van der Waals surface area contributed by atoms with Crippen LogP contribution < -0.4 is 14.9 Å². The molecule has 0 aliphatic heterocycles. The third-order valence-corrected chi connectivity index (χ3v) is 4.16. The van der Waals surface area contributed by atoms with E-state index in [-0.39, 0.29) is 6.61 Å². The molecular weight excluding hydrogens is 404 g/mol. The number of hydrogen-bond donors (Lipinski definition) is 1. The number of halogens is 1. The van der Waals surface area contributed by atoms with Crippen LogP contribution in [0.2, 0.25) is 5.02 Å². The molecule has 0 radical (unpaired) electrons. The molecular formula is C23H19ClN2O4. The van der Waals surface area contributed by atoms with Gasteiger partial charge in [-0.05, 0) is 66.6 Å². The van der Waals surface area contributed by atoms with Gasteiger partial charge in [0.25, 0.3) is 5.91 Å². The van der Waals surface area contributed by atoms with Gasteiger partial charge in [0.15, 0.2) is 6.61 Å². The Labute approximate surface area is 179 Å². The minimum Gasteiger partial charge on any atom is -0.484 e. The van der Waals surface area contributed by atoms with Crippen LogP contribution in [0.3, 0.4) is 0 Å². The topological polar surface area (TPSA) is 77.0 Å². The largest absolute Gasteiger partial charge is 0.484 e. The molecule has 0 heterocycles. The normalized spacial score (nSPS) is 10.6. The molecule has 0 aromatic heterocycles. The van der Waals surface area contributed by atoms with Crippen molar-refractivity contribution >= 4 is 29.7 Å². The average Bonchev–Trinajstić information content (AvgIpc) is 2.73. The second kappa shape index (κ2) is 10.2. The summed E-state index contributed by atoms with van der Waals surface area (Å²) >= 11 is 5.82. The quantitative estimate of drug-likeness (QED) is 0.265. The van der Waals surface area contributed by atoms with Crippen molar-refractivity contribution in [2.75, 3.05) is 6.61 Å². The molecule has 0 atom stereocenters. The fourth-order valence-electron chi connectivity index (χ4n) is 2.48. The van der Waals surface area contributed by atoms with Crippen LogP contribution in [0.1, 0.15) is 21.5 Å². The number of nitrogens with one attached hydrogen (secondary N) is 1. The van der Waals surface area contributed by atoms with Gasteiger partial charge in [-0.2, -0.15) is 5.10 Å². The Morgan fingerprint density at radius 1 is 1.00 bits per heavy atom. The maximum absolute atomic E-state index is 12.2. The molecule has 0 saturated carbocycles.